The molecule has 0 fully saturated rings. The van der Waals surface area contributed by atoms with Crippen molar-refractivity contribution in [3.8, 4) is 11.8 Å². The Morgan fingerprint density at radius 3 is 2.48 bits per heavy atom. The highest BCUT2D eigenvalue weighted by atomic mass is 35.5. The Morgan fingerprint density at radius 2 is 1.81 bits per heavy atom. The molecule has 0 aliphatic heterocycles. The molecule has 0 amide bonds. The summed E-state index contributed by atoms with van der Waals surface area (Å²) in [6, 6.07) is 6.19. The molecule has 0 unspecified atom stereocenters. The van der Waals surface area contributed by atoms with Crippen LogP contribution in [0.25, 0.3) is 0 Å². The number of ether oxygens (including phenoxy) is 1. The minimum atomic E-state index is 0.132. The van der Waals surface area contributed by atoms with Gasteiger partial charge in [-0.05, 0) is 56.5 Å². The maximum absolute atomic E-state index is 5.98. The first kappa shape index (κ1) is 15.5. The molecule has 0 aliphatic rings. The molecule has 21 heavy (non-hydrogen) atoms. The maximum Gasteiger partial charge on any atom is 0.328 e. The lowest BCUT2D eigenvalue weighted by Gasteiger charge is -2.18. The van der Waals surface area contributed by atoms with Gasteiger partial charge in [0, 0.05) is 13.1 Å². The van der Waals surface area contributed by atoms with E-state index < -0.39 is 0 Å². The van der Waals surface area contributed by atoms with Gasteiger partial charge >= 0.3 is 6.01 Å². The van der Waals surface area contributed by atoms with E-state index in [1.54, 1.807) is 0 Å². The highest BCUT2D eigenvalue weighted by Crippen LogP contribution is 2.25. The second kappa shape index (κ2) is 6.72. The number of benzene rings is 1. The SMILES string of the molecule is CCN(CC)c1nc(Cl)nc(Oc2cc(C)ccc2C)n1. The predicted octanol–water partition coefficient (Wildman–Crippen LogP) is 3.78. The molecule has 6 heteroatoms. The highest BCUT2D eigenvalue weighted by Gasteiger charge is 2.12. The van der Waals surface area contributed by atoms with Gasteiger partial charge in [-0.3, -0.25) is 0 Å². The standard InChI is InChI=1S/C15H19ClN4O/c1-5-20(6-2)14-17-13(16)18-15(19-14)21-12-9-10(3)7-8-11(12)4/h7-9H,5-6H2,1-4H3. The van der Waals surface area contributed by atoms with Crippen LogP contribution in [0.4, 0.5) is 5.95 Å². The molecule has 0 aliphatic carbocycles. The second-order valence-electron chi connectivity index (χ2n) is 4.73. The van der Waals surface area contributed by atoms with E-state index in [1.165, 1.54) is 0 Å². The highest BCUT2D eigenvalue weighted by molar-refractivity contribution is 6.28. The number of aromatic nitrogens is 3. The van der Waals surface area contributed by atoms with E-state index in [9.17, 15) is 0 Å². The van der Waals surface area contributed by atoms with Crippen LogP contribution in [0.1, 0.15) is 25.0 Å². The molecule has 0 saturated carbocycles. The average Bonchev–Trinajstić information content (AvgIpc) is 2.44. The van der Waals surface area contributed by atoms with E-state index >= 15 is 0 Å². The Bertz CT molecular complexity index is 629. The summed E-state index contributed by atoms with van der Waals surface area (Å²) in [7, 11) is 0. The monoisotopic (exact) mass is 306 g/mol. The van der Waals surface area contributed by atoms with Gasteiger partial charge in [0.15, 0.2) is 0 Å². The second-order valence-corrected chi connectivity index (χ2v) is 5.07. The van der Waals surface area contributed by atoms with Crippen LogP contribution in [0.3, 0.4) is 0 Å². The van der Waals surface area contributed by atoms with E-state index in [-0.39, 0.29) is 11.3 Å². The molecule has 0 atom stereocenters. The fraction of sp³-hybridized carbons (Fsp3) is 0.400. The third-order valence-corrected chi connectivity index (χ3v) is 3.34. The van der Waals surface area contributed by atoms with Gasteiger partial charge in [-0.1, -0.05) is 12.1 Å². The van der Waals surface area contributed by atoms with Crippen LogP contribution < -0.4 is 9.64 Å². The summed E-state index contributed by atoms with van der Waals surface area (Å²) < 4.78 is 5.78. The number of aryl methyl sites for hydroxylation is 2. The smallest absolute Gasteiger partial charge is 0.328 e. The molecule has 1 aromatic heterocycles. The Balaban J connectivity index is 2.34. The number of anilines is 1. The summed E-state index contributed by atoms with van der Waals surface area (Å²) in [4.78, 5) is 14.5. The van der Waals surface area contributed by atoms with E-state index in [4.69, 9.17) is 16.3 Å². The van der Waals surface area contributed by atoms with Gasteiger partial charge < -0.3 is 9.64 Å². The van der Waals surface area contributed by atoms with Gasteiger partial charge in [-0.2, -0.15) is 15.0 Å². The molecular formula is C15H19ClN4O. The van der Waals surface area contributed by atoms with Crippen molar-refractivity contribution in [1.29, 1.82) is 0 Å². The molecule has 2 rings (SSSR count). The third-order valence-electron chi connectivity index (χ3n) is 3.17. The summed E-state index contributed by atoms with van der Waals surface area (Å²) in [6.07, 6.45) is 0. The van der Waals surface area contributed by atoms with E-state index in [2.05, 4.69) is 15.0 Å². The van der Waals surface area contributed by atoms with Crippen LogP contribution in [-0.2, 0) is 0 Å². The lowest BCUT2D eigenvalue weighted by molar-refractivity contribution is 0.435. The zero-order valence-corrected chi connectivity index (χ0v) is 13.5. The van der Waals surface area contributed by atoms with Gasteiger partial charge in [0.2, 0.25) is 11.2 Å². The van der Waals surface area contributed by atoms with Crippen LogP contribution in [0, 0.1) is 13.8 Å². The van der Waals surface area contributed by atoms with Crippen LogP contribution in [0.5, 0.6) is 11.8 Å². The Hall–Kier alpha value is -1.88. The van der Waals surface area contributed by atoms with Crippen molar-refractivity contribution >= 4 is 17.5 Å². The molecule has 112 valence electrons. The minimum Gasteiger partial charge on any atom is -0.424 e. The number of halogens is 1. The third kappa shape index (κ3) is 3.82. The van der Waals surface area contributed by atoms with Crippen molar-refractivity contribution in [2.75, 3.05) is 18.0 Å². The Morgan fingerprint density at radius 1 is 1.10 bits per heavy atom. The number of rotatable bonds is 5. The molecule has 5 nitrogen and oxygen atoms in total. The zero-order valence-electron chi connectivity index (χ0n) is 12.7. The van der Waals surface area contributed by atoms with Gasteiger partial charge in [0.25, 0.3) is 0 Å². The number of hydrogen-bond acceptors (Lipinski definition) is 5. The minimum absolute atomic E-state index is 0.132. The van der Waals surface area contributed by atoms with Crippen LogP contribution in [0.2, 0.25) is 5.28 Å². The van der Waals surface area contributed by atoms with Crippen LogP contribution in [0.15, 0.2) is 18.2 Å². The molecule has 0 saturated heterocycles. The summed E-state index contributed by atoms with van der Waals surface area (Å²) in [5, 5.41) is 0.132. The lowest BCUT2D eigenvalue weighted by atomic mass is 10.1. The molecule has 0 bridgehead atoms. The Kier molecular flexibility index (Phi) is 4.96. The van der Waals surface area contributed by atoms with E-state index in [0.29, 0.717) is 5.95 Å². The predicted molar refractivity (Wildman–Crippen MR) is 84.4 cm³/mol. The first-order valence-electron chi connectivity index (χ1n) is 6.95. The summed E-state index contributed by atoms with van der Waals surface area (Å²) in [5.41, 5.74) is 2.13. The van der Waals surface area contributed by atoms with E-state index in [0.717, 1.165) is 30.0 Å². The van der Waals surface area contributed by atoms with Crippen molar-refractivity contribution in [3.63, 3.8) is 0 Å². The first-order chi connectivity index (χ1) is 10.0. The van der Waals surface area contributed by atoms with Gasteiger partial charge in [0.1, 0.15) is 5.75 Å². The molecule has 0 radical (unpaired) electrons. The quantitative estimate of drug-likeness (QED) is 0.841. The van der Waals surface area contributed by atoms with Crippen LogP contribution >= 0.6 is 11.6 Å². The zero-order chi connectivity index (χ0) is 15.4. The van der Waals surface area contributed by atoms with Crippen molar-refractivity contribution in [2.45, 2.75) is 27.7 Å². The van der Waals surface area contributed by atoms with Gasteiger partial charge in [0.05, 0.1) is 0 Å². The van der Waals surface area contributed by atoms with Crippen molar-refractivity contribution in [3.05, 3.63) is 34.6 Å². The largest absolute Gasteiger partial charge is 0.424 e. The van der Waals surface area contributed by atoms with Crippen LogP contribution in [-0.4, -0.2) is 28.0 Å². The lowest BCUT2D eigenvalue weighted by Crippen LogP contribution is -2.24. The normalized spacial score (nSPS) is 10.5. The number of nitrogens with zero attached hydrogens (tertiary/aromatic N) is 4. The summed E-state index contributed by atoms with van der Waals surface area (Å²) >= 11 is 5.98. The maximum atomic E-state index is 5.98. The van der Waals surface area contributed by atoms with Crippen molar-refractivity contribution in [2.24, 2.45) is 0 Å². The molecule has 1 aromatic carbocycles. The topological polar surface area (TPSA) is 51.1 Å². The summed E-state index contributed by atoms with van der Waals surface area (Å²) in [5.74, 6) is 1.25. The Labute approximate surface area is 130 Å². The molecule has 0 spiro atoms. The van der Waals surface area contributed by atoms with Crippen molar-refractivity contribution in [1.82, 2.24) is 15.0 Å². The van der Waals surface area contributed by atoms with E-state index in [1.807, 2.05) is 50.8 Å². The molecule has 2 aromatic rings. The first-order valence-corrected chi connectivity index (χ1v) is 7.33. The van der Waals surface area contributed by atoms with Gasteiger partial charge in [-0.25, -0.2) is 0 Å². The van der Waals surface area contributed by atoms with Crippen molar-refractivity contribution < 1.29 is 4.74 Å². The molecular weight excluding hydrogens is 288 g/mol. The molecule has 0 N–H and O–H groups in total. The number of hydrogen-bond donors (Lipinski definition) is 0. The summed E-state index contributed by atoms with van der Waals surface area (Å²) in [6.45, 7) is 9.63. The molecule has 1 heterocycles. The fourth-order valence-electron chi connectivity index (χ4n) is 1.93. The van der Waals surface area contributed by atoms with Gasteiger partial charge in [-0.15, -0.1) is 0 Å². The average molecular weight is 307 g/mol. The fourth-order valence-corrected chi connectivity index (χ4v) is 2.08.